The quantitative estimate of drug-likeness (QED) is 0.777. The van der Waals surface area contributed by atoms with Crippen molar-refractivity contribution in [1.29, 1.82) is 0 Å². The van der Waals surface area contributed by atoms with E-state index < -0.39 is 10.0 Å². The molecule has 0 aliphatic heterocycles. The first-order valence-electron chi connectivity index (χ1n) is 6.88. The van der Waals surface area contributed by atoms with Crippen molar-refractivity contribution >= 4 is 33.0 Å². The Hall–Kier alpha value is -0.100. The van der Waals surface area contributed by atoms with Crippen LogP contribution in [0.5, 0.6) is 0 Å². The number of hydrogen-bond acceptors (Lipinski definition) is 3. The molecule has 1 aromatic rings. The van der Waals surface area contributed by atoms with Crippen LogP contribution in [0.4, 0.5) is 0 Å². The van der Waals surface area contributed by atoms with Gasteiger partial charge in [-0.2, -0.15) is 4.31 Å². The fraction of sp³-hybridized carbons (Fsp3) is 0.714. The van der Waals surface area contributed by atoms with E-state index in [2.05, 4.69) is 13.8 Å². The molecule has 0 bridgehead atoms. The maximum Gasteiger partial charge on any atom is 0.252 e. The molecule has 20 heavy (non-hydrogen) atoms. The van der Waals surface area contributed by atoms with Gasteiger partial charge in [-0.1, -0.05) is 13.8 Å². The van der Waals surface area contributed by atoms with Gasteiger partial charge in [0, 0.05) is 19.0 Å². The van der Waals surface area contributed by atoms with Gasteiger partial charge < -0.3 is 0 Å². The minimum Gasteiger partial charge on any atom is -0.206 e. The van der Waals surface area contributed by atoms with Gasteiger partial charge in [-0.3, -0.25) is 0 Å². The topological polar surface area (TPSA) is 37.4 Å². The number of thiophene rings is 1. The van der Waals surface area contributed by atoms with Crippen molar-refractivity contribution in [2.24, 2.45) is 5.41 Å². The van der Waals surface area contributed by atoms with E-state index in [4.69, 9.17) is 11.6 Å². The zero-order valence-corrected chi connectivity index (χ0v) is 14.6. The Balaban J connectivity index is 2.13. The highest BCUT2D eigenvalue weighted by molar-refractivity contribution is 7.91. The van der Waals surface area contributed by atoms with Gasteiger partial charge in [-0.15, -0.1) is 22.9 Å². The molecule has 1 aliphatic carbocycles. The second-order valence-electron chi connectivity index (χ2n) is 6.32. The van der Waals surface area contributed by atoms with E-state index in [-0.39, 0.29) is 6.04 Å². The largest absolute Gasteiger partial charge is 0.252 e. The maximum absolute atomic E-state index is 12.6. The lowest BCUT2D eigenvalue weighted by Gasteiger charge is -2.37. The van der Waals surface area contributed by atoms with Crippen LogP contribution in [0.2, 0.25) is 0 Å². The van der Waals surface area contributed by atoms with Crippen molar-refractivity contribution in [3.8, 4) is 0 Å². The first-order chi connectivity index (χ1) is 9.26. The Bertz CT molecular complexity index is 555. The molecular weight excluding hydrogens is 314 g/mol. The summed E-state index contributed by atoms with van der Waals surface area (Å²) in [6.45, 7) is 4.51. The van der Waals surface area contributed by atoms with E-state index in [0.717, 1.165) is 31.2 Å². The molecule has 0 N–H and O–H groups in total. The van der Waals surface area contributed by atoms with Crippen molar-refractivity contribution in [1.82, 2.24) is 4.31 Å². The molecule has 1 aromatic heterocycles. The van der Waals surface area contributed by atoms with E-state index in [1.807, 2.05) is 5.38 Å². The fourth-order valence-corrected chi connectivity index (χ4v) is 5.70. The standard InChI is InChI=1S/C14H22ClNO2S2/c1-14(2)6-4-12(5-7-14)16(3)20(17,18)13-8-11(9-15)10-19-13/h8,10,12H,4-7,9H2,1-3H3. The smallest absolute Gasteiger partial charge is 0.206 e. The van der Waals surface area contributed by atoms with Crippen molar-refractivity contribution in [2.75, 3.05) is 7.05 Å². The Morgan fingerprint density at radius 3 is 2.50 bits per heavy atom. The number of sulfonamides is 1. The summed E-state index contributed by atoms with van der Waals surface area (Å²) < 4.78 is 27.2. The molecule has 1 aliphatic rings. The number of nitrogens with zero attached hydrogens (tertiary/aromatic N) is 1. The molecule has 1 fully saturated rings. The zero-order valence-electron chi connectivity index (χ0n) is 12.2. The van der Waals surface area contributed by atoms with Gasteiger partial charge in [0.15, 0.2) is 0 Å². The highest BCUT2D eigenvalue weighted by Crippen LogP contribution is 2.38. The van der Waals surface area contributed by atoms with E-state index in [1.54, 1.807) is 17.4 Å². The molecule has 1 heterocycles. The number of alkyl halides is 1. The zero-order chi connectivity index (χ0) is 15.0. The number of hydrogen-bond donors (Lipinski definition) is 0. The number of rotatable bonds is 4. The molecule has 0 unspecified atom stereocenters. The Morgan fingerprint density at radius 1 is 1.40 bits per heavy atom. The van der Waals surface area contributed by atoms with Crippen LogP contribution in [0.1, 0.15) is 45.1 Å². The van der Waals surface area contributed by atoms with Crippen LogP contribution >= 0.6 is 22.9 Å². The Morgan fingerprint density at radius 2 is 2.00 bits per heavy atom. The average Bonchev–Trinajstić information content (AvgIpc) is 2.87. The molecule has 1 saturated carbocycles. The summed E-state index contributed by atoms with van der Waals surface area (Å²) >= 11 is 7.01. The molecule has 0 saturated heterocycles. The van der Waals surface area contributed by atoms with Crippen LogP contribution in [0, 0.1) is 5.41 Å². The van der Waals surface area contributed by atoms with E-state index >= 15 is 0 Å². The van der Waals surface area contributed by atoms with Crippen LogP contribution in [0.15, 0.2) is 15.7 Å². The Kier molecular flexibility index (Phi) is 4.84. The SMILES string of the molecule is CN(C1CCC(C)(C)CC1)S(=O)(=O)c1cc(CCl)cs1. The first kappa shape index (κ1) is 16.3. The summed E-state index contributed by atoms with van der Waals surface area (Å²) in [6.07, 6.45) is 4.04. The molecule has 0 spiro atoms. The molecular formula is C14H22ClNO2S2. The monoisotopic (exact) mass is 335 g/mol. The van der Waals surface area contributed by atoms with Crippen LogP contribution < -0.4 is 0 Å². The molecule has 0 amide bonds. The normalized spacial score (nSPS) is 20.4. The summed E-state index contributed by atoms with van der Waals surface area (Å²) in [5.74, 6) is 0.355. The molecule has 0 aromatic carbocycles. The Labute approximate surface area is 131 Å². The third kappa shape index (κ3) is 3.38. The summed E-state index contributed by atoms with van der Waals surface area (Å²) in [4.78, 5) is 0. The minimum atomic E-state index is -3.37. The predicted molar refractivity (Wildman–Crippen MR) is 84.9 cm³/mol. The average molecular weight is 336 g/mol. The fourth-order valence-electron chi connectivity index (χ4n) is 2.64. The van der Waals surface area contributed by atoms with Gasteiger partial charge >= 0.3 is 0 Å². The van der Waals surface area contributed by atoms with Crippen molar-refractivity contribution in [3.05, 3.63) is 17.0 Å². The van der Waals surface area contributed by atoms with Gasteiger partial charge in [-0.25, -0.2) is 8.42 Å². The van der Waals surface area contributed by atoms with Gasteiger partial charge in [-0.05, 0) is 48.1 Å². The molecule has 114 valence electrons. The van der Waals surface area contributed by atoms with Crippen molar-refractivity contribution in [2.45, 2.75) is 55.7 Å². The first-order valence-corrected chi connectivity index (χ1v) is 9.73. The van der Waals surface area contributed by atoms with Gasteiger partial charge in [0.2, 0.25) is 0 Å². The van der Waals surface area contributed by atoms with Crippen LogP contribution in [-0.4, -0.2) is 25.8 Å². The summed E-state index contributed by atoms with van der Waals surface area (Å²) in [5, 5.41) is 1.82. The van der Waals surface area contributed by atoms with Crippen molar-refractivity contribution < 1.29 is 8.42 Å². The van der Waals surface area contributed by atoms with Gasteiger partial charge in [0.05, 0.1) is 0 Å². The highest BCUT2D eigenvalue weighted by atomic mass is 35.5. The van der Waals surface area contributed by atoms with Gasteiger partial charge in [0.25, 0.3) is 10.0 Å². The number of halogens is 1. The van der Waals surface area contributed by atoms with Crippen LogP contribution in [0.3, 0.4) is 0 Å². The molecule has 2 rings (SSSR count). The lowest BCUT2D eigenvalue weighted by atomic mass is 9.76. The van der Waals surface area contributed by atoms with E-state index in [0.29, 0.717) is 15.5 Å². The van der Waals surface area contributed by atoms with Crippen molar-refractivity contribution in [3.63, 3.8) is 0 Å². The van der Waals surface area contributed by atoms with Crippen LogP contribution in [-0.2, 0) is 15.9 Å². The third-order valence-electron chi connectivity index (χ3n) is 4.24. The highest BCUT2D eigenvalue weighted by Gasteiger charge is 2.34. The second kappa shape index (κ2) is 5.95. The van der Waals surface area contributed by atoms with Gasteiger partial charge in [0.1, 0.15) is 4.21 Å². The lowest BCUT2D eigenvalue weighted by Crippen LogP contribution is -2.40. The predicted octanol–water partition coefficient (Wildman–Crippen LogP) is 4.08. The summed E-state index contributed by atoms with van der Waals surface area (Å²) in [5.41, 5.74) is 1.21. The third-order valence-corrected chi connectivity index (χ3v) is 7.92. The summed E-state index contributed by atoms with van der Waals surface area (Å²) in [7, 11) is -1.67. The van der Waals surface area contributed by atoms with E-state index in [9.17, 15) is 8.42 Å². The maximum atomic E-state index is 12.6. The summed E-state index contributed by atoms with van der Waals surface area (Å²) in [6, 6.07) is 1.81. The lowest BCUT2D eigenvalue weighted by molar-refractivity contribution is 0.174. The van der Waals surface area contributed by atoms with Crippen LogP contribution in [0.25, 0.3) is 0 Å². The minimum absolute atomic E-state index is 0.120. The molecule has 3 nitrogen and oxygen atoms in total. The second-order valence-corrected chi connectivity index (χ2v) is 9.73. The van der Waals surface area contributed by atoms with E-state index in [1.165, 1.54) is 11.3 Å². The molecule has 0 atom stereocenters. The molecule has 0 radical (unpaired) electrons. The molecule has 6 heteroatoms.